The molecular formula is C18H18ClN5O5. The second kappa shape index (κ2) is 9.30. The van der Waals surface area contributed by atoms with Crippen LogP contribution >= 0.6 is 11.6 Å². The maximum absolute atomic E-state index is 12.2. The fourth-order valence-corrected chi connectivity index (χ4v) is 3.00. The third kappa shape index (κ3) is 5.18. The van der Waals surface area contributed by atoms with Crippen LogP contribution in [0.5, 0.6) is 0 Å². The van der Waals surface area contributed by atoms with Crippen LogP contribution in [0.25, 0.3) is 0 Å². The van der Waals surface area contributed by atoms with Crippen LogP contribution in [0.1, 0.15) is 5.56 Å². The average molecular weight is 420 g/mol. The van der Waals surface area contributed by atoms with E-state index in [1.807, 2.05) is 6.07 Å². The predicted octanol–water partition coefficient (Wildman–Crippen LogP) is 1.73. The molecular weight excluding hydrogens is 402 g/mol. The van der Waals surface area contributed by atoms with E-state index in [2.05, 4.69) is 20.5 Å². The van der Waals surface area contributed by atoms with Crippen LogP contribution in [0.4, 0.5) is 17.2 Å². The van der Waals surface area contributed by atoms with Crippen LogP contribution in [0.3, 0.4) is 0 Å². The van der Waals surface area contributed by atoms with Gasteiger partial charge in [-0.3, -0.25) is 19.7 Å². The summed E-state index contributed by atoms with van der Waals surface area (Å²) >= 11 is 5.93. The van der Waals surface area contributed by atoms with E-state index < -0.39 is 16.7 Å². The van der Waals surface area contributed by atoms with Crippen LogP contribution in [-0.4, -0.2) is 48.0 Å². The summed E-state index contributed by atoms with van der Waals surface area (Å²) in [5, 5.41) is 15.6. The molecule has 0 atom stereocenters. The molecule has 11 heteroatoms. The number of benzene rings is 1. The van der Waals surface area contributed by atoms with Gasteiger partial charge in [0.05, 0.1) is 28.8 Å². The number of aromatic nitrogens is 1. The highest BCUT2D eigenvalue weighted by molar-refractivity contribution is 6.41. The molecule has 1 aromatic heterocycles. The lowest BCUT2D eigenvalue weighted by Gasteiger charge is -2.29. The van der Waals surface area contributed by atoms with Gasteiger partial charge in [-0.2, -0.15) is 0 Å². The Morgan fingerprint density at radius 3 is 2.69 bits per heavy atom. The molecule has 1 fully saturated rings. The van der Waals surface area contributed by atoms with Crippen molar-refractivity contribution >= 4 is 40.6 Å². The van der Waals surface area contributed by atoms with Gasteiger partial charge in [-0.15, -0.1) is 0 Å². The number of morpholine rings is 1. The number of carbonyl (C=O) groups excluding carboxylic acids is 2. The highest BCUT2D eigenvalue weighted by Gasteiger charge is 2.19. The van der Waals surface area contributed by atoms with Crippen molar-refractivity contribution in [1.82, 2.24) is 10.3 Å². The second-order valence-corrected chi connectivity index (χ2v) is 6.55. The number of anilines is 2. The summed E-state index contributed by atoms with van der Waals surface area (Å²) in [4.78, 5) is 40.9. The van der Waals surface area contributed by atoms with E-state index in [-0.39, 0.29) is 22.9 Å². The molecule has 152 valence electrons. The van der Waals surface area contributed by atoms with Crippen LogP contribution < -0.4 is 15.5 Å². The number of hydrogen-bond acceptors (Lipinski definition) is 7. The minimum absolute atomic E-state index is 0.0396. The number of nitrogens with one attached hydrogen (secondary N) is 2. The molecule has 2 heterocycles. The summed E-state index contributed by atoms with van der Waals surface area (Å²) in [7, 11) is 0. The van der Waals surface area contributed by atoms with E-state index in [9.17, 15) is 19.7 Å². The van der Waals surface area contributed by atoms with Gasteiger partial charge in [-0.1, -0.05) is 17.7 Å². The van der Waals surface area contributed by atoms with E-state index in [1.54, 1.807) is 12.3 Å². The quantitative estimate of drug-likeness (QED) is 0.429. The SMILES string of the molecule is O=C(NCc1cccnc1N1CCOCC1)C(=O)Nc1ccc([N+](=O)[O-])cc1Cl. The number of ether oxygens (including phenoxy) is 1. The summed E-state index contributed by atoms with van der Waals surface area (Å²) in [6.45, 7) is 2.69. The number of rotatable bonds is 5. The van der Waals surface area contributed by atoms with E-state index >= 15 is 0 Å². The Bertz CT molecular complexity index is 933. The first-order valence-corrected chi connectivity index (χ1v) is 9.13. The van der Waals surface area contributed by atoms with E-state index in [1.165, 1.54) is 12.1 Å². The molecule has 0 bridgehead atoms. The van der Waals surface area contributed by atoms with Crippen LogP contribution in [-0.2, 0) is 20.9 Å². The largest absolute Gasteiger partial charge is 0.378 e. The number of carbonyl (C=O) groups is 2. The zero-order valence-corrected chi connectivity index (χ0v) is 16.0. The van der Waals surface area contributed by atoms with Crippen molar-refractivity contribution in [2.45, 2.75) is 6.54 Å². The summed E-state index contributed by atoms with van der Waals surface area (Å²) in [5.41, 5.74) is 0.654. The molecule has 0 radical (unpaired) electrons. The highest BCUT2D eigenvalue weighted by atomic mass is 35.5. The number of non-ortho nitro benzene ring substituents is 1. The van der Waals surface area contributed by atoms with Gasteiger partial charge >= 0.3 is 11.8 Å². The van der Waals surface area contributed by atoms with Gasteiger partial charge < -0.3 is 20.3 Å². The topological polar surface area (TPSA) is 127 Å². The number of nitro benzene ring substituents is 1. The lowest BCUT2D eigenvalue weighted by molar-refractivity contribution is -0.384. The van der Waals surface area contributed by atoms with E-state index in [4.69, 9.17) is 16.3 Å². The summed E-state index contributed by atoms with van der Waals surface area (Å²) in [6, 6.07) is 7.12. The molecule has 0 aliphatic carbocycles. The minimum Gasteiger partial charge on any atom is -0.378 e. The van der Waals surface area contributed by atoms with Crippen LogP contribution in [0.15, 0.2) is 36.5 Å². The fraction of sp³-hybridized carbons (Fsp3) is 0.278. The molecule has 1 aliphatic rings. The summed E-state index contributed by atoms with van der Waals surface area (Å²) < 4.78 is 5.34. The molecule has 1 aliphatic heterocycles. The predicted molar refractivity (Wildman–Crippen MR) is 106 cm³/mol. The van der Waals surface area contributed by atoms with Gasteiger partial charge in [0.15, 0.2) is 0 Å². The molecule has 1 aromatic carbocycles. The third-order valence-corrected chi connectivity index (χ3v) is 4.55. The first-order valence-electron chi connectivity index (χ1n) is 8.75. The summed E-state index contributed by atoms with van der Waals surface area (Å²) in [5.74, 6) is -1.07. The van der Waals surface area contributed by atoms with Crippen molar-refractivity contribution < 1.29 is 19.2 Å². The van der Waals surface area contributed by atoms with Crippen molar-refractivity contribution in [1.29, 1.82) is 0 Å². The van der Waals surface area contributed by atoms with E-state index in [0.717, 1.165) is 17.4 Å². The molecule has 3 rings (SSSR count). The van der Waals surface area contributed by atoms with Crippen molar-refractivity contribution in [3.8, 4) is 0 Å². The fourth-order valence-electron chi connectivity index (χ4n) is 2.78. The number of nitro groups is 1. The van der Waals surface area contributed by atoms with Crippen LogP contribution in [0, 0.1) is 10.1 Å². The monoisotopic (exact) mass is 419 g/mol. The Kier molecular flexibility index (Phi) is 6.57. The number of hydrogen-bond donors (Lipinski definition) is 2. The Morgan fingerprint density at radius 1 is 1.24 bits per heavy atom. The molecule has 1 saturated heterocycles. The minimum atomic E-state index is -0.933. The molecule has 29 heavy (non-hydrogen) atoms. The average Bonchev–Trinajstić information content (AvgIpc) is 2.74. The zero-order valence-electron chi connectivity index (χ0n) is 15.3. The molecule has 0 unspecified atom stereocenters. The maximum atomic E-state index is 12.2. The van der Waals surface area contributed by atoms with Crippen molar-refractivity contribution in [3.63, 3.8) is 0 Å². The number of halogens is 1. The standard InChI is InChI=1S/C18H18ClN5O5/c19-14-10-13(24(27)28)3-4-15(14)22-18(26)17(25)21-11-12-2-1-5-20-16(12)23-6-8-29-9-7-23/h1-5,10H,6-9,11H2,(H,21,25)(H,22,26). The van der Waals surface area contributed by atoms with Gasteiger partial charge in [0.2, 0.25) is 0 Å². The number of amides is 2. The number of nitrogens with zero attached hydrogens (tertiary/aromatic N) is 3. The first kappa shape index (κ1) is 20.5. The van der Waals surface area contributed by atoms with Crippen LogP contribution in [0.2, 0.25) is 5.02 Å². The molecule has 2 aromatic rings. The maximum Gasteiger partial charge on any atom is 0.313 e. The summed E-state index contributed by atoms with van der Waals surface area (Å²) in [6.07, 6.45) is 1.67. The zero-order chi connectivity index (χ0) is 20.8. The van der Waals surface area contributed by atoms with E-state index in [0.29, 0.717) is 26.3 Å². The Hall–Kier alpha value is -3.24. The number of pyridine rings is 1. The lowest BCUT2D eigenvalue weighted by Crippen LogP contribution is -2.38. The Labute approximate surface area is 171 Å². The van der Waals surface area contributed by atoms with Gasteiger partial charge in [-0.05, 0) is 12.1 Å². The van der Waals surface area contributed by atoms with Gasteiger partial charge in [0, 0.05) is 43.5 Å². The molecule has 10 nitrogen and oxygen atoms in total. The van der Waals surface area contributed by atoms with Gasteiger partial charge in [0.25, 0.3) is 5.69 Å². The first-order chi connectivity index (χ1) is 14.0. The molecule has 2 amide bonds. The lowest BCUT2D eigenvalue weighted by atomic mass is 10.2. The second-order valence-electron chi connectivity index (χ2n) is 6.14. The third-order valence-electron chi connectivity index (χ3n) is 4.24. The normalized spacial score (nSPS) is 13.6. The smallest absolute Gasteiger partial charge is 0.313 e. The highest BCUT2D eigenvalue weighted by Crippen LogP contribution is 2.26. The van der Waals surface area contributed by atoms with Crippen molar-refractivity contribution in [3.05, 3.63) is 57.2 Å². The Morgan fingerprint density at radius 2 is 2.00 bits per heavy atom. The Balaban J connectivity index is 1.61. The van der Waals surface area contributed by atoms with Gasteiger partial charge in [-0.25, -0.2) is 4.98 Å². The van der Waals surface area contributed by atoms with Crippen molar-refractivity contribution in [2.75, 3.05) is 36.5 Å². The van der Waals surface area contributed by atoms with Gasteiger partial charge in [0.1, 0.15) is 5.82 Å². The molecule has 2 N–H and O–H groups in total. The van der Waals surface area contributed by atoms with Crippen molar-refractivity contribution in [2.24, 2.45) is 0 Å². The molecule has 0 spiro atoms. The molecule has 0 saturated carbocycles.